The van der Waals surface area contributed by atoms with E-state index in [0.717, 1.165) is 17.4 Å². The van der Waals surface area contributed by atoms with Gasteiger partial charge in [-0.1, -0.05) is 74.5 Å². The monoisotopic (exact) mass is 462 g/mol. The highest BCUT2D eigenvalue weighted by Crippen LogP contribution is 2.19. The molecule has 2 N–H and O–H groups in total. The van der Waals surface area contributed by atoms with Crippen molar-refractivity contribution >= 4 is 16.1 Å². The highest BCUT2D eigenvalue weighted by Gasteiger charge is 2.33. The molecule has 0 saturated carbocycles. The van der Waals surface area contributed by atoms with Crippen molar-refractivity contribution < 1.29 is 23.4 Å². The van der Waals surface area contributed by atoms with Gasteiger partial charge in [0, 0.05) is 19.6 Å². The van der Waals surface area contributed by atoms with Gasteiger partial charge in [-0.05, 0) is 29.9 Å². The summed E-state index contributed by atoms with van der Waals surface area (Å²) in [5.74, 6) is 0.296. The van der Waals surface area contributed by atoms with Crippen LogP contribution in [-0.2, 0) is 23.0 Å². The van der Waals surface area contributed by atoms with E-state index in [1.165, 1.54) is 9.21 Å². The molecule has 2 aromatic rings. The maximum Gasteiger partial charge on any atom is 0.407 e. The highest BCUT2D eigenvalue weighted by molar-refractivity contribution is 7.88. The minimum atomic E-state index is -3.56. The van der Waals surface area contributed by atoms with E-state index in [2.05, 4.69) is 0 Å². The first-order chi connectivity index (χ1) is 15.1. The number of hydrogen-bond acceptors (Lipinski definition) is 4. The van der Waals surface area contributed by atoms with E-state index in [9.17, 15) is 23.4 Å². The second-order valence-electron chi connectivity index (χ2n) is 8.52. The predicted octanol–water partition coefficient (Wildman–Crippen LogP) is 3.45. The largest absolute Gasteiger partial charge is 0.465 e. The quantitative estimate of drug-likeness (QED) is 0.503. The number of carboxylic acid groups (broad SMARTS) is 1. The topological polar surface area (TPSA) is 98.2 Å². The molecule has 32 heavy (non-hydrogen) atoms. The molecule has 0 heterocycles. The van der Waals surface area contributed by atoms with E-state index < -0.39 is 28.3 Å². The smallest absolute Gasteiger partial charge is 0.407 e. The maximum absolute atomic E-state index is 12.3. The lowest BCUT2D eigenvalue weighted by atomic mass is 9.99. The Morgan fingerprint density at radius 1 is 0.969 bits per heavy atom. The average molecular weight is 463 g/mol. The molecule has 0 aliphatic rings. The van der Waals surface area contributed by atoms with E-state index >= 15 is 0 Å². The zero-order chi connectivity index (χ0) is 23.7. The molecule has 2 rings (SSSR count). The highest BCUT2D eigenvalue weighted by atomic mass is 32.2. The fourth-order valence-corrected chi connectivity index (χ4v) is 4.40. The molecule has 0 radical (unpaired) electrons. The molecule has 7 nitrogen and oxygen atoms in total. The molecule has 0 aliphatic carbocycles. The van der Waals surface area contributed by atoms with Crippen LogP contribution in [0.1, 0.15) is 31.4 Å². The maximum atomic E-state index is 12.3. The lowest BCUT2D eigenvalue weighted by Crippen LogP contribution is -2.52. The Kier molecular flexibility index (Phi) is 9.68. The van der Waals surface area contributed by atoms with Gasteiger partial charge in [-0.25, -0.2) is 13.2 Å². The van der Waals surface area contributed by atoms with Gasteiger partial charge in [0.25, 0.3) is 0 Å². The van der Waals surface area contributed by atoms with Crippen molar-refractivity contribution in [3.05, 3.63) is 71.8 Å². The molecule has 1 amide bonds. The van der Waals surface area contributed by atoms with Crippen LogP contribution >= 0.6 is 0 Å². The van der Waals surface area contributed by atoms with Crippen LogP contribution in [0.15, 0.2) is 60.7 Å². The zero-order valence-corrected chi connectivity index (χ0v) is 19.8. The Labute approximate surface area is 191 Å². The lowest BCUT2D eigenvalue weighted by molar-refractivity contribution is 0.0344. The average Bonchev–Trinajstić information content (AvgIpc) is 2.73. The number of rotatable bonds is 12. The number of sulfonamides is 1. The van der Waals surface area contributed by atoms with Crippen molar-refractivity contribution in [2.45, 2.75) is 45.4 Å². The van der Waals surface area contributed by atoms with Gasteiger partial charge in [0.15, 0.2) is 0 Å². The van der Waals surface area contributed by atoms with Crippen LogP contribution in [0.25, 0.3) is 0 Å². The van der Waals surface area contributed by atoms with E-state index in [1.807, 2.05) is 74.5 Å². The third-order valence-electron chi connectivity index (χ3n) is 5.39. The number of benzene rings is 2. The zero-order valence-electron chi connectivity index (χ0n) is 19.0. The second-order valence-corrected chi connectivity index (χ2v) is 10.5. The van der Waals surface area contributed by atoms with Gasteiger partial charge in [0.05, 0.1) is 18.4 Å². The van der Waals surface area contributed by atoms with Crippen molar-refractivity contribution in [1.82, 2.24) is 9.21 Å². The first-order valence-electron chi connectivity index (χ1n) is 10.8. The van der Waals surface area contributed by atoms with Crippen molar-refractivity contribution in [1.29, 1.82) is 0 Å². The Hall–Kier alpha value is -2.42. The van der Waals surface area contributed by atoms with Gasteiger partial charge in [0.1, 0.15) is 0 Å². The summed E-state index contributed by atoms with van der Waals surface area (Å²) in [5.41, 5.74) is 1.66. The van der Waals surface area contributed by atoms with E-state index in [-0.39, 0.29) is 26.1 Å². The summed E-state index contributed by atoms with van der Waals surface area (Å²) in [4.78, 5) is 13.4. The first kappa shape index (κ1) is 25.8. The van der Waals surface area contributed by atoms with Gasteiger partial charge in [-0.15, -0.1) is 0 Å². The fraction of sp³-hybridized carbons (Fsp3) is 0.458. The van der Waals surface area contributed by atoms with Crippen molar-refractivity contribution in [3.63, 3.8) is 0 Å². The molecule has 1 unspecified atom stereocenters. The van der Waals surface area contributed by atoms with E-state index in [4.69, 9.17) is 0 Å². The van der Waals surface area contributed by atoms with Gasteiger partial charge < -0.3 is 10.2 Å². The molecular formula is C24H34N2O5S. The second kappa shape index (κ2) is 12.0. The Morgan fingerprint density at radius 3 is 1.97 bits per heavy atom. The SMILES string of the molecule is CC(C)CCN(C[C@H](O)C(Cc1ccccc1)N(Cc1ccccc1)C(=O)O)S(C)(=O)=O. The molecule has 2 aromatic carbocycles. The number of nitrogens with zero attached hydrogens (tertiary/aromatic N) is 2. The van der Waals surface area contributed by atoms with Crippen LogP contribution < -0.4 is 0 Å². The van der Waals surface area contributed by atoms with E-state index in [1.54, 1.807) is 0 Å². The van der Waals surface area contributed by atoms with E-state index in [0.29, 0.717) is 12.3 Å². The summed E-state index contributed by atoms with van der Waals surface area (Å²) >= 11 is 0. The Balaban J connectivity index is 2.33. The molecule has 0 aliphatic heterocycles. The van der Waals surface area contributed by atoms with Crippen LogP contribution in [0, 0.1) is 5.92 Å². The van der Waals surface area contributed by atoms with Gasteiger partial charge in [0.2, 0.25) is 10.0 Å². The van der Waals surface area contributed by atoms with Gasteiger partial charge in [-0.2, -0.15) is 4.31 Å². The van der Waals surface area contributed by atoms with Gasteiger partial charge >= 0.3 is 6.09 Å². The first-order valence-corrected chi connectivity index (χ1v) is 12.6. The minimum Gasteiger partial charge on any atom is -0.465 e. The van der Waals surface area contributed by atoms with Crippen LogP contribution in [0.2, 0.25) is 0 Å². The van der Waals surface area contributed by atoms with Crippen molar-refractivity contribution in [3.8, 4) is 0 Å². The van der Waals surface area contributed by atoms with Gasteiger partial charge in [-0.3, -0.25) is 4.90 Å². The summed E-state index contributed by atoms with van der Waals surface area (Å²) < 4.78 is 25.9. The molecule has 0 bridgehead atoms. The molecule has 0 spiro atoms. The number of aliphatic hydroxyl groups is 1. The minimum absolute atomic E-state index is 0.0929. The number of amides is 1. The third-order valence-corrected chi connectivity index (χ3v) is 6.66. The molecule has 0 saturated heterocycles. The standard InChI is InChI=1S/C24H34N2O5S/c1-19(2)14-15-25(32(3,30)31)18-23(27)22(16-20-10-6-4-7-11-20)26(24(28)29)17-21-12-8-5-9-13-21/h4-13,19,22-23,27H,14-18H2,1-3H3,(H,28,29)/t22?,23-/m0/s1. The molecular weight excluding hydrogens is 428 g/mol. The molecule has 0 fully saturated rings. The third kappa shape index (κ3) is 8.26. The number of carbonyl (C=O) groups is 1. The summed E-state index contributed by atoms with van der Waals surface area (Å²) in [6, 6.07) is 17.7. The lowest BCUT2D eigenvalue weighted by Gasteiger charge is -2.35. The van der Waals surface area contributed by atoms with Crippen LogP contribution in [-0.4, -0.2) is 65.4 Å². The summed E-state index contributed by atoms with van der Waals surface area (Å²) in [5, 5.41) is 21.1. The van der Waals surface area contributed by atoms with Crippen molar-refractivity contribution in [2.75, 3.05) is 19.3 Å². The Bertz CT molecular complexity index is 935. The molecule has 8 heteroatoms. The molecule has 176 valence electrons. The van der Waals surface area contributed by atoms with Crippen LogP contribution in [0.4, 0.5) is 4.79 Å². The predicted molar refractivity (Wildman–Crippen MR) is 126 cm³/mol. The summed E-state index contributed by atoms with van der Waals surface area (Å²) in [7, 11) is -3.56. The number of aliphatic hydroxyl groups excluding tert-OH is 1. The van der Waals surface area contributed by atoms with Crippen molar-refractivity contribution in [2.24, 2.45) is 5.92 Å². The molecule has 2 atom stereocenters. The van der Waals surface area contributed by atoms with Crippen LogP contribution in [0.5, 0.6) is 0 Å². The van der Waals surface area contributed by atoms with Crippen LogP contribution in [0.3, 0.4) is 0 Å². The Morgan fingerprint density at radius 2 is 1.50 bits per heavy atom. The summed E-state index contributed by atoms with van der Waals surface area (Å²) in [6.07, 6.45) is -0.331. The summed E-state index contributed by atoms with van der Waals surface area (Å²) in [6.45, 7) is 4.21. The molecule has 0 aromatic heterocycles. The number of hydrogen-bond donors (Lipinski definition) is 2. The normalized spacial score (nSPS) is 13.8. The fourth-order valence-electron chi connectivity index (χ4n) is 3.54.